The quantitative estimate of drug-likeness (QED) is 0.749. The van der Waals surface area contributed by atoms with Crippen LogP contribution in [0.25, 0.3) is 10.1 Å². The Balaban J connectivity index is 2.04. The van der Waals surface area contributed by atoms with Crippen LogP contribution in [0.3, 0.4) is 0 Å². The van der Waals surface area contributed by atoms with Crippen molar-refractivity contribution in [1.29, 1.82) is 0 Å². The molecule has 20 heavy (non-hydrogen) atoms. The predicted octanol–water partition coefficient (Wildman–Crippen LogP) is 4.79. The van der Waals surface area contributed by atoms with E-state index in [2.05, 4.69) is 54.2 Å². The predicted molar refractivity (Wildman–Crippen MR) is 88.9 cm³/mol. The van der Waals surface area contributed by atoms with Crippen molar-refractivity contribution in [3.8, 4) is 0 Å². The van der Waals surface area contributed by atoms with Crippen LogP contribution in [0, 0.1) is 0 Å². The van der Waals surface area contributed by atoms with Gasteiger partial charge in [0.25, 0.3) is 0 Å². The molecule has 1 N–H and O–H groups in total. The summed E-state index contributed by atoms with van der Waals surface area (Å²) in [6.45, 7) is 4.38. The van der Waals surface area contributed by atoms with E-state index >= 15 is 0 Å². The Hall–Kier alpha value is -1.23. The summed E-state index contributed by atoms with van der Waals surface area (Å²) in [5.41, 5.74) is 2.52. The average molecular weight is 302 g/mol. The van der Waals surface area contributed by atoms with Crippen LogP contribution in [0.1, 0.15) is 42.1 Å². The Labute approximate surface area is 127 Å². The molecule has 3 aromatic rings. The highest BCUT2D eigenvalue weighted by molar-refractivity contribution is 7.17. The molecule has 0 aliphatic carbocycles. The molecule has 0 bridgehead atoms. The fourth-order valence-electron chi connectivity index (χ4n) is 2.33. The van der Waals surface area contributed by atoms with Crippen molar-refractivity contribution in [3.63, 3.8) is 0 Å². The second-order valence-electron chi connectivity index (χ2n) is 5.17. The topological polar surface area (TPSA) is 24.9 Å². The molecule has 0 spiro atoms. The average Bonchev–Trinajstić information content (AvgIpc) is 3.08. The van der Waals surface area contributed by atoms with Gasteiger partial charge in [-0.25, -0.2) is 4.98 Å². The van der Waals surface area contributed by atoms with Crippen LogP contribution < -0.4 is 5.32 Å². The van der Waals surface area contributed by atoms with Gasteiger partial charge in [0.15, 0.2) is 0 Å². The molecule has 104 valence electrons. The van der Waals surface area contributed by atoms with Crippen molar-refractivity contribution in [2.45, 2.75) is 25.8 Å². The van der Waals surface area contributed by atoms with Crippen molar-refractivity contribution in [2.24, 2.45) is 0 Å². The largest absolute Gasteiger partial charge is 0.307 e. The van der Waals surface area contributed by atoms with Gasteiger partial charge < -0.3 is 5.32 Å². The van der Waals surface area contributed by atoms with Crippen LogP contribution in [0.4, 0.5) is 0 Å². The monoisotopic (exact) mass is 302 g/mol. The van der Waals surface area contributed by atoms with E-state index in [1.54, 1.807) is 22.7 Å². The zero-order valence-electron chi connectivity index (χ0n) is 11.9. The normalized spacial score (nSPS) is 13.2. The maximum Gasteiger partial charge on any atom is 0.114 e. The van der Waals surface area contributed by atoms with Crippen molar-refractivity contribution < 1.29 is 0 Å². The first-order chi connectivity index (χ1) is 9.70. The van der Waals surface area contributed by atoms with E-state index in [4.69, 9.17) is 4.98 Å². The molecule has 0 radical (unpaired) electrons. The third-order valence-electron chi connectivity index (χ3n) is 3.49. The number of hydrogen-bond donors (Lipinski definition) is 1. The molecule has 2 aromatic heterocycles. The number of rotatable bonds is 4. The third kappa shape index (κ3) is 2.39. The number of nitrogens with one attached hydrogen (secondary N) is 1. The smallest absolute Gasteiger partial charge is 0.114 e. The summed E-state index contributed by atoms with van der Waals surface area (Å²) in [6, 6.07) is 8.76. The fourth-order valence-corrected chi connectivity index (χ4v) is 4.42. The van der Waals surface area contributed by atoms with Gasteiger partial charge in [0.1, 0.15) is 5.01 Å². The SMILES string of the molecule is CNC(c1nc(C(C)C)cs1)c1csc2ccccc12. The molecule has 0 saturated carbocycles. The number of aromatic nitrogens is 1. The maximum absolute atomic E-state index is 4.80. The summed E-state index contributed by atoms with van der Waals surface area (Å²) in [5, 5.41) is 10.3. The summed E-state index contributed by atoms with van der Waals surface area (Å²) in [4.78, 5) is 4.80. The highest BCUT2D eigenvalue weighted by Gasteiger charge is 2.20. The maximum atomic E-state index is 4.80. The van der Waals surface area contributed by atoms with Gasteiger partial charge in [-0.3, -0.25) is 0 Å². The lowest BCUT2D eigenvalue weighted by atomic mass is 10.1. The van der Waals surface area contributed by atoms with Crippen LogP contribution in [0.2, 0.25) is 0 Å². The molecule has 1 aromatic carbocycles. The molecule has 1 atom stereocenters. The van der Waals surface area contributed by atoms with Crippen molar-refractivity contribution in [1.82, 2.24) is 10.3 Å². The number of benzene rings is 1. The van der Waals surface area contributed by atoms with E-state index in [-0.39, 0.29) is 6.04 Å². The van der Waals surface area contributed by atoms with Crippen molar-refractivity contribution in [2.75, 3.05) is 7.05 Å². The van der Waals surface area contributed by atoms with Gasteiger partial charge in [0.05, 0.1) is 11.7 Å². The zero-order valence-corrected chi connectivity index (χ0v) is 13.5. The molecular weight excluding hydrogens is 284 g/mol. The number of hydrogen-bond acceptors (Lipinski definition) is 4. The molecule has 2 nitrogen and oxygen atoms in total. The summed E-state index contributed by atoms with van der Waals surface area (Å²) in [6.07, 6.45) is 0. The Morgan fingerprint density at radius 2 is 1.90 bits per heavy atom. The Morgan fingerprint density at radius 3 is 2.60 bits per heavy atom. The second-order valence-corrected chi connectivity index (χ2v) is 6.98. The molecule has 0 amide bonds. The van der Waals surface area contributed by atoms with E-state index in [9.17, 15) is 0 Å². The Bertz CT molecular complexity index is 712. The second kappa shape index (κ2) is 5.64. The molecular formula is C16H18N2S2. The zero-order chi connectivity index (χ0) is 14.1. The van der Waals surface area contributed by atoms with Crippen LogP contribution in [-0.2, 0) is 0 Å². The molecule has 0 fully saturated rings. The minimum atomic E-state index is 0.184. The number of thiophene rings is 1. The minimum absolute atomic E-state index is 0.184. The number of nitrogens with zero attached hydrogens (tertiary/aromatic N) is 1. The first kappa shape index (κ1) is 13.7. The minimum Gasteiger partial charge on any atom is -0.307 e. The van der Waals surface area contributed by atoms with Gasteiger partial charge in [-0.05, 0) is 35.4 Å². The lowest BCUT2D eigenvalue weighted by Crippen LogP contribution is -2.17. The van der Waals surface area contributed by atoms with Crippen LogP contribution in [0.15, 0.2) is 35.0 Å². The number of thiazole rings is 1. The van der Waals surface area contributed by atoms with E-state index in [1.807, 2.05) is 7.05 Å². The molecule has 4 heteroatoms. The van der Waals surface area contributed by atoms with Gasteiger partial charge >= 0.3 is 0 Å². The highest BCUT2D eigenvalue weighted by atomic mass is 32.1. The summed E-state index contributed by atoms with van der Waals surface area (Å²) < 4.78 is 1.34. The van der Waals surface area contributed by atoms with Crippen LogP contribution >= 0.6 is 22.7 Å². The van der Waals surface area contributed by atoms with Gasteiger partial charge in [-0.15, -0.1) is 22.7 Å². The summed E-state index contributed by atoms with van der Waals surface area (Å²) in [7, 11) is 2.01. The van der Waals surface area contributed by atoms with Gasteiger partial charge in [-0.2, -0.15) is 0 Å². The standard InChI is InChI=1S/C16H18N2S2/c1-10(2)13-9-20-16(18-13)15(17-3)12-8-19-14-7-5-4-6-11(12)14/h4-10,15,17H,1-3H3. The molecule has 0 saturated heterocycles. The van der Waals surface area contributed by atoms with Gasteiger partial charge in [0.2, 0.25) is 0 Å². The fraction of sp³-hybridized carbons (Fsp3) is 0.312. The Morgan fingerprint density at radius 1 is 1.10 bits per heavy atom. The molecule has 0 aliphatic rings. The molecule has 1 unspecified atom stereocenters. The van der Waals surface area contributed by atoms with Crippen LogP contribution in [-0.4, -0.2) is 12.0 Å². The summed E-state index contributed by atoms with van der Waals surface area (Å²) >= 11 is 3.55. The van der Waals surface area contributed by atoms with Gasteiger partial charge in [0, 0.05) is 10.1 Å². The first-order valence-corrected chi connectivity index (χ1v) is 8.55. The lowest BCUT2D eigenvalue weighted by molar-refractivity contribution is 0.685. The molecule has 2 heterocycles. The van der Waals surface area contributed by atoms with E-state index in [1.165, 1.54) is 21.3 Å². The van der Waals surface area contributed by atoms with Gasteiger partial charge in [-0.1, -0.05) is 32.0 Å². The third-order valence-corrected chi connectivity index (χ3v) is 5.40. The first-order valence-electron chi connectivity index (χ1n) is 6.79. The number of fused-ring (bicyclic) bond motifs is 1. The van der Waals surface area contributed by atoms with Crippen LogP contribution in [0.5, 0.6) is 0 Å². The highest BCUT2D eigenvalue weighted by Crippen LogP contribution is 2.35. The van der Waals surface area contributed by atoms with E-state index in [0.29, 0.717) is 5.92 Å². The summed E-state index contributed by atoms with van der Waals surface area (Å²) in [5.74, 6) is 0.483. The van der Waals surface area contributed by atoms with E-state index in [0.717, 1.165) is 5.01 Å². The molecule has 0 aliphatic heterocycles. The van der Waals surface area contributed by atoms with E-state index < -0.39 is 0 Å². The molecule has 3 rings (SSSR count). The van der Waals surface area contributed by atoms with Crippen molar-refractivity contribution >= 4 is 32.8 Å². The Kier molecular flexibility index (Phi) is 3.87. The van der Waals surface area contributed by atoms with Crippen molar-refractivity contribution in [3.05, 3.63) is 51.3 Å². The lowest BCUT2D eigenvalue weighted by Gasteiger charge is -2.13.